The molecule has 2 aromatic rings. The molecule has 1 atom stereocenters. The van der Waals surface area contributed by atoms with E-state index in [0.717, 1.165) is 0 Å². The minimum absolute atomic E-state index is 0.0581. The number of hydrogen-bond acceptors (Lipinski definition) is 6. The maximum atomic E-state index is 13.4. The molecule has 9 heteroatoms. The van der Waals surface area contributed by atoms with Gasteiger partial charge in [0.15, 0.2) is 5.78 Å². The number of hydrogen-bond donors (Lipinski definition) is 2. The fourth-order valence-corrected chi connectivity index (χ4v) is 5.29. The number of Topliss-reactive ketones (excluding diaryl/α,β-unsaturated/α-hetero) is 1. The Morgan fingerprint density at radius 1 is 1.28 bits per heavy atom. The van der Waals surface area contributed by atoms with E-state index in [1.165, 1.54) is 16.3 Å². The van der Waals surface area contributed by atoms with E-state index in [-0.39, 0.29) is 33.5 Å². The molecule has 4 rings (SSSR count). The van der Waals surface area contributed by atoms with Crippen molar-refractivity contribution < 1.29 is 9.59 Å². The predicted molar refractivity (Wildman–Crippen MR) is 125 cm³/mol. The van der Waals surface area contributed by atoms with Gasteiger partial charge in [-0.25, -0.2) is 5.01 Å². The molecule has 1 aliphatic carbocycles. The van der Waals surface area contributed by atoms with E-state index in [1.807, 2.05) is 13.8 Å². The van der Waals surface area contributed by atoms with Gasteiger partial charge >= 0.3 is 0 Å². The van der Waals surface area contributed by atoms with Crippen LogP contribution in [0, 0.1) is 16.7 Å². The highest BCUT2D eigenvalue weighted by molar-refractivity contribution is 7.12. The third-order valence-corrected chi connectivity index (χ3v) is 7.33. The van der Waals surface area contributed by atoms with Crippen molar-refractivity contribution in [3.05, 3.63) is 78.9 Å². The fourth-order valence-electron chi connectivity index (χ4n) is 4.26. The molecule has 32 heavy (non-hydrogen) atoms. The van der Waals surface area contributed by atoms with Crippen molar-refractivity contribution in [2.75, 3.05) is 0 Å². The van der Waals surface area contributed by atoms with Gasteiger partial charge in [0, 0.05) is 12.0 Å². The molecule has 0 saturated heterocycles. The van der Waals surface area contributed by atoms with Gasteiger partial charge in [0.2, 0.25) is 0 Å². The van der Waals surface area contributed by atoms with E-state index >= 15 is 0 Å². The van der Waals surface area contributed by atoms with Crippen LogP contribution in [0.1, 0.15) is 47.8 Å². The Morgan fingerprint density at radius 3 is 2.69 bits per heavy atom. The number of nitrogens with zero attached hydrogens (tertiary/aromatic N) is 2. The molecule has 0 radical (unpaired) electrons. The summed E-state index contributed by atoms with van der Waals surface area (Å²) in [5.74, 6) is -1.20. The highest BCUT2D eigenvalue weighted by Crippen LogP contribution is 2.50. The molecule has 0 saturated carbocycles. The van der Waals surface area contributed by atoms with Gasteiger partial charge < -0.3 is 5.73 Å². The van der Waals surface area contributed by atoms with Gasteiger partial charge in [0.1, 0.15) is 5.82 Å². The standard InChI is InChI=1S/C23H20Cl2N4O2S/c1-23(2)9-15-19(16(30)10-23)18(12-5-3-6-14(24)20(12)25)13(11-26)21(27)29(15)28-22(31)17-7-4-8-32-17/h3-8,18H,9-10,27H2,1-2H3,(H,28,31). The zero-order valence-electron chi connectivity index (χ0n) is 17.4. The van der Waals surface area contributed by atoms with Gasteiger partial charge in [-0.15, -0.1) is 11.3 Å². The van der Waals surface area contributed by atoms with Crippen molar-refractivity contribution in [1.82, 2.24) is 10.4 Å². The number of hydrazine groups is 1. The lowest BCUT2D eigenvalue weighted by Gasteiger charge is -2.43. The van der Waals surface area contributed by atoms with E-state index in [4.69, 9.17) is 28.9 Å². The number of nitriles is 1. The Hall–Kier alpha value is -2.79. The highest BCUT2D eigenvalue weighted by Gasteiger charge is 2.45. The van der Waals surface area contributed by atoms with Gasteiger partial charge in [-0.2, -0.15) is 5.26 Å². The second-order valence-corrected chi connectivity index (χ2v) is 10.3. The maximum Gasteiger partial charge on any atom is 0.280 e. The molecular weight excluding hydrogens is 467 g/mol. The zero-order chi connectivity index (χ0) is 23.2. The molecule has 0 spiro atoms. The Kier molecular flexibility index (Phi) is 5.80. The third kappa shape index (κ3) is 3.79. The second-order valence-electron chi connectivity index (χ2n) is 8.54. The molecule has 1 aromatic heterocycles. The SMILES string of the molecule is CC1(C)CC(=O)C2=C(C1)N(NC(=O)c1cccs1)C(N)=C(C#N)C2c1cccc(Cl)c1Cl. The minimum atomic E-state index is -0.764. The summed E-state index contributed by atoms with van der Waals surface area (Å²) in [6, 6.07) is 10.7. The first-order valence-corrected chi connectivity index (χ1v) is 11.5. The van der Waals surface area contributed by atoms with E-state index in [1.54, 1.807) is 35.7 Å². The van der Waals surface area contributed by atoms with Crippen molar-refractivity contribution in [3.63, 3.8) is 0 Å². The summed E-state index contributed by atoms with van der Waals surface area (Å²) in [6.07, 6.45) is 0.777. The number of nitrogens with one attached hydrogen (secondary N) is 1. The Morgan fingerprint density at radius 2 is 2.03 bits per heavy atom. The van der Waals surface area contributed by atoms with Gasteiger partial charge in [0.05, 0.1) is 38.2 Å². The van der Waals surface area contributed by atoms with Crippen LogP contribution in [0.2, 0.25) is 10.0 Å². The summed E-state index contributed by atoms with van der Waals surface area (Å²) < 4.78 is 0. The molecule has 1 aromatic carbocycles. The van der Waals surface area contributed by atoms with E-state index in [0.29, 0.717) is 39.6 Å². The molecular formula is C23H20Cl2N4O2S. The first-order chi connectivity index (χ1) is 15.1. The van der Waals surface area contributed by atoms with Crippen LogP contribution in [-0.4, -0.2) is 16.7 Å². The van der Waals surface area contributed by atoms with Gasteiger partial charge in [0.25, 0.3) is 5.91 Å². The summed E-state index contributed by atoms with van der Waals surface area (Å²) in [4.78, 5) is 26.7. The van der Waals surface area contributed by atoms with Crippen LogP contribution in [0.25, 0.3) is 0 Å². The average Bonchev–Trinajstić information content (AvgIpc) is 3.26. The van der Waals surface area contributed by atoms with Crippen LogP contribution in [0.5, 0.6) is 0 Å². The van der Waals surface area contributed by atoms with Gasteiger partial charge in [-0.05, 0) is 34.9 Å². The molecule has 3 N–H and O–H groups in total. The number of allylic oxidation sites excluding steroid dienone is 3. The third-order valence-electron chi connectivity index (χ3n) is 5.63. The fraction of sp³-hybridized carbons (Fsp3) is 0.261. The van der Waals surface area contributed by atoms with Crippen LogP contribution < -0.4 is 11.2 Å². The quantitative estimate of drug-likeness (QED) is 0.625. The highest BCUT2D eigenvalue weighted by atomic mass is 35.5. The van der Waals surface area contributed by atoms with Crippen LogP contribution in [0.4, 0.5) is 0 Å². The summed E-state index contributed by atoms with van der Waals surface area (Å²) >= 11 is 14.0. The van der Waals surface area contributed by atoms with Crippen molar-refractivity contribution in [2.45, 2.75) is 32.6 Å². The van der Waals surface area contributed by atoms with Crippen LogP contribution in [-0.2, 0) is 4.79 Å². The average molecular weight is 487 g/mol. The lowest BCUT2D eigenvalue weighted by atomic mass is 9.69. The summed E-state index contributed by atoms with van der Waals surface area (Å²) in [5.41, 5.74) is 10.5. The molecule has 164 valence electrons. The van der Waals surface area contributed by atoms with E-state index in [9.17, 15) is 14.9 Å². The van der Waals surface area contributed by atoms with Crippen molar-refractivity contribution >= 4 is 46.2 Å². The smallest absolute Gasteiger partial charge is 0.280 e. The van der Waals surface area contributed by atoms with Crippen LogP contribution in [0.15, 0.2) is 58.4 Å². The second kappa shape index (κ2) is 8.28. The first kappa shape index (κ1) is 22.4. The predicted octanol–water partition coefficient (Wildman–Crippen LogP) is 5.14. The van der Waals surface area contributed by atoms with Gasteiger partial charge in [-0.1, -0.05) is 55.2 Å². The number of ketones is 1. The lowest BCUT2D eigenvalue weighted by Crippen LogP contribution is -2.49. The molecule has 1 unspecified atom stereocenters. The molecule has 1 aliphatic heterocycles. The number of thiophene rings is 1. The Labute approximate surface area is 199 Å². The monoisotopic (exact) mass is 486 g/mol. The molecule has 2 heterocycles. The number of rotatable bonds is 3. The Balaban J connectivity index is 1.92. The van der Waals surface area contributed by atoms with Crippen LogP contribution >= 0.6 is 34.5 Å². The molecule has 6 nitrogen and oxygen atoms in total. The van der Waals surface area contributed by atoms with E-state index < -0.39 is 5.92 Å². The number of carbonyl (C=O) groups excluding carboxylic acids is 2. The lowest BCUT2D eigenvalue weighted by molar-refractivity contribution is -0.118. The van der Waals surface area contributed by atoms with Crippen molar-refractivity contribution in [1.29, 1.82) is 5.26 Å². The normalized spacial score (nSPS) is 20.2. The summed E-state index contributed by atoms with van der Waals surface area (Å²) in [6.45, 7) is 3.96. The number of nitrogens with two attached hydrogens (primary N) is 1. The van der Waals surface area contributed by atoms with Crippen LogP contribution in [0.3, 0.4) is 0 Å². The van der Waals surface area contributed by atoms with E-state index in [2.05, 4.69) is 11.5 Å². The summed E-state index contributed by atoms with van der Waals surface area (Å²) in [7, 11) is 0. The first-order valence-electron chi connectivity index (χ1n) is 9.89. The topological polar surface area (TPSA) is 99.2 Å². The largest absolute Gasteiger partial charge is 0.383 e. The number of carbonyl (C=O) groups is 2. The molecule has 1 amide bonds. The summed E-state index contributed by atoms with van der Waals surface area (Å²) in [5, 5.41) is 13.8. The Bertz CT molecular complexity index is 1230. The number of benzene rings is 1. The maximum absolute atomic E-state index is 13.4. The number of halogens is 2. The van der Waals surface area contributed by atoms with Gasteiger partial charge in [-0.3, -0.25) is 15.0 Å². The molecule has 2 aliphatic rings. The molecule has 0 fully saturated rings. The molecule has 0 bridgehead atoms. The number of amides is 1. The minimum Gasteiger partial charge on any atom is -0.383 e. The van der Waals surface area contributed by atoms with Crippen molar-refractivity contribution in [3.8, 4) is 6.07 Å². The zero-order valence-corrected chi connectivity index (χ0v) is 19.7. The van der Waals surface area contributed by atoms with Crippen molar-refractivity contribution in [2.24, 2.45) is 11.1 Å².